The molecule has 36 heavy (non-hydrogen) atoms. The van der Waals surface area contributed by atoms with E-state index in [9.17, 15) is 18.0 Å². The molecule has 1 amide bonds. The van der Waals surface area contributed by atoms with Crippen LogP contribution in [0.3, 0.4) is 0 Å². The second-order valence-electron chi connectivity index (χ2n) is 8.16. The minimum atomic E-state index is -3.64. The molecule has 0 radical (unpaired) electrons. The number of nitrogens with zero attached hydrogens (tertiary/aromatic N) is 3. The van der Waals surface area contributed by atoms with Crippen molar-refractivity contribution in [3.8, 4) is 11.5 Å². The SMILES string of the molecule is CCCCN(C)S(=O)(=O)c1ccc(C(=O)N=c2sc3cc4c(cc3n2CCC(=O)OC)OCO4)cc1. The molecule has 0 aliphatic carbocycles. The molecular formula is C24H27N3O7S2. The van der Waals surface area contributed by atoms with Gasteiger partial charge < -0.3 is 18.8 Å². The zero-order valence-electron chi connectivity index (χ0n) is 20.2. The number of hydrogen-bond donors (Lipinski definition) is 0. The van der Waals surface area contributed by atoms with Gasteiger partial charge in [0.2, 0.25) is 16.8 Å². The molecule has 0 bridgehead atoms. The van der Waals surface area contributed by atoms with Crippen molar-refractivity contribution in [1.82, 2.24) is 8.87 Å². The summed E-state index contributed by atoms with van der Waals surface area (Å²) in [6, 6.07) is 9.34. The smallest absolute Gasteiger partial charge is 0.307 e. The zero-order chi connectivity index (χ0) is 25.9. The summed E-state index contributed by atoms with van der Waals surface area (Å²) >= 11 is 1.28. The van der Waals surface area contributed by atoms with E-state index in [0.29, 0.717) is 22.8 Å². The summed E-state index contributed by atoms with van der Waals surface area (Å²) in [7, 11) is -0.780. The van der Waals surface area contributed by atoms with E-state index in [1.165, 1.54) is 47.0 Å². The van der Waals surface area contributed by atoms with Crippen LogP contribution in [0.1, 0.15) is 36.5 Å². The number of esters is 1. The van der Waals surface area contributed by atoms with Crippen LogP contribution in [0.4, 0.5) is 0 Å². The van der Waals surface area contributed by atoms with Crippen LogP contribution in [-0.2, 0) is 26.1 Å². The molecule has 2 heterocycles. The van der Waals surface area contributed by atoms with E-state index >= 15 is 0 Å². The van der Waals surface area contributed by atoms with Gasteiger partial charge in [0.05, 0.1) is 28.6 Å². The van der Waals surface area contributed by atoms with E-state index in [-0.39, 0.29) is 36.2 Å². The van der Waals surface area contributed by atoms with Crippen LogP contribution in [0.15, 0.2) is 46.3 Å². The lowest BCUT2D eigenvalue weighted by Gasteiger charge is -2.16. The summed E-state index contributed by atoms with van der Waals surface area (Å²) < 4.78 is 45.1. The molecule has 0 spiro atoms. The lowest BCUT2D eigenvalue weighted by atomic mass is 10.2. The minimum absolute atomic E-state index is 0.0935. The van der Waals surface area contributed by atoms with Gasteiger partial charge in [-0.15, -0.1) is 0 Å². The Labute approximate surface area is 212 Å². The predicted octanol–water partition coefficient (Wildman–Crippen LogP) is 3.16. The first kappa shape index (κ1) is 25.9. The molecule has 0 N–H and O–H groups in total. The molecule has 192 valence electrons. The lowest BCUT2D eigenvalue weighted by Crippen LogP contribution is -2.27. The second-order valence-corrected chi connectivity index (χ2v) is 11.2. The Kier molecular flexibility index (Phi) is 7.76. The molecule has 1 aliphatic heterocycles. The Bertz CT molecular complexity index is 1460. The normalized spacial score (nSPS) is 13.5. The number of benzene rings is 2. The van der Waals surface area contributed by atoms with Gasteiger partial charge in [-0.05, 0) is 30.7 Å². The minimum Gasteiger partial charge on any atom is -0.469 e. The van der Waals surface area contributed by atoms with Gasteiger partial charge in [0, 0.05) is 37.8 Å². The van der Waals surface area contributed by atoms with Gasteiger partial charge in [-0.2, -0.15) is 4.99 Å². The van der Waals surface area contributed by atoms with Crippen molar-refractivity contribution in [2.45, 2.75) is 37.6 Å². The number of unbranched alkanes of at least 4 members (excludes halogenated alkanes) is 1. The van der Waals surface area contributed by atoms with Crippen LogP contribution in [0.5, 0.6) is 11.5 Å². The first-order valence-electron chi connectivity index (χ1n) is 11.4. The third kappa shape index (κ3) is 5.30. The fraction of sp³-hybridized carbons (Fsp3) is 0.375. The number of ether oxygens (including phenoxy) is 3. The third-order valence-electron chi connectivity index (χ3n) is 5.78. The molecule has 0 saturated heterocycles. The predicted molar refractivity (Wildman–Crippen MR) is 134 cm³/mol. The van der Waals surface area contributed by atoms with Crippen molar-refractivity contribution in [1.29, 1.82) is 0 Å². The van der Waals surface area contributed by atoms with Gasteiger partial charge in [-0.25, -0.2) is 12.7 Å². The van der Waals surface area contributed by atoms with Crippen molar-refractivity contribution >= 4 is 43.5 Å². The zero-order valence-corrected chi connectivity index (χ0v) is 21.9. The van der Waals surface area contributed by atoms with Crippen molar-refractivity contribution in [3.63, 3.8) is 0 Å². The van der Waals surface area contributed by atoms with Gasteiger partial charge in [0.15, 0.2) is 16.3 Å². The third-order valence-corrected chi connectivity index (χ3v) is 8.69. The number of aryl methyl sites for hydroxylation is 1. The molecule has 1 aliphatic rings. The fourth-order valence-electron chi connectivity index (χ4n) is 3.67. The van der Waals surface area contributed by atoms with E-state index in [2.05, 4.69) is 4.99 Å². The number of hydrogen-bond acceptors (Lipinski definition) is 8. The highest BCUT2D eigenvalue weighted by Gasteiger charge is 2.21. The monoisotopic (exact) mass is 533 g/mol. The molecular weight excluding hydrogens is 506 g/mol. The molecule has 12 heteroatoms. The quantitative estimate of drug-likeness (QED) is 0.388. The molecule has 1 aromatic heterocycles. The fourth-order valence-corrected chi connectivity index (χ4v) is 5.94. The highest BCUT2D eigenvalue weighted by molar-refractivity contribution is 7.89. The maximum absolute atomic E-state index is 13.0. The number of carbonyl (C=O) groups excluding carboxylic acids is 2. The van der Waals surface area contributed by atoms with Crippen LogP contribution < -0.4 is 14.3 Å². The summed E-state index contributed by atoms with van der Waals surface area (Å²) in [6.45, 7) is 2.80. The van der Waals surface area contributed by atoms with Crippen LogP contribution in [0.2, 0.25) is 0 Å². The number of sulfonamides is 1. The van der Waals surface area contributed by atoms with Gasteiger partial charge >= 0.3 is 5.97 Å². The van der Waals surface area contributed by atoms with E-state index in [1.54, 1.807) is 17.7 Å². The van der Waals surface area contributed by atoms with E-state index in [1.807, 2.05) is 13.0 Å². The summed E-state index contributed by atoms with van der Waals surface area (Å²) in [6.07, 6.45) is 1.74. The van der Waals surface area contributed by atoms with E-state index < -0.39 is 15.9 Å². The Hall–Kier alpha value is -3.22. The highest BCUT2D eigenvalue weighted by atomic mass is 32.2. The number of fused-ring (bicyclic) bond motifs is 2. The number of aromatic nitrogens is 1. The Morgan fingerprint density at radius 1 is 1.17 bits per heavy atom. The lowest BCUT2D eigenvalue weighted by molar-refractivity contribution is -0.140. The van der Waals surface area contributed by atoms with Gasteiger partial charge in [0.1, 0.15) is 0 Å². The number of thiazole rings is 1. The van der Waals surface area contributed by atoms with Crippen LogP contribution in [-0.4, -0.2) is 56.7 Å². The highest BCUT2D eigenvalue weighted by Crippen LogP contribution is 2.37. The average molecular weight is 534 g/mol. The van der Waals surface area contributed by atoms with Crippen molar-refractivity contribution in [3.05, 3.63) is 46.8 Å². The number of methoxy groups -OCH3 is 1. The molecule has 0 saturated carbocycles. The standard InChI is InChI=1S/C24H27N3O7S2/c1-4-5-11-26(2)36(30,31)17-8-6-16(7-9-17)23(29)25-24-27(12-10-22(28)32-3)18-13-19-20(34-15-33-19)14-21(18)35-24/h6-9,13-14H,4-5,10-12,15H2,1-3H3. The number of carbonyl (C=O) groups is 2. The van der Waals surface area contributed by atoms with E-state index in [4.69, 9.17) is 14.2 Å². The summed E-state index contributed by atoms with van der Waals surface area (Å²) in [4.78, 5) is 29.6. The molecule has 4 rings (SSSR count). The molecule has 0 unspecified atom stereocenters. The number of rotatable bonds is 9. The van der Waals surface area contributed by atoms with Gasteiger partial charge in [-0.3, -0.25) is 9.59 Å². The number of amides is 1. The average Bonchev–Trinajstić information content (AvgIpc) is 3.47. The largest absolute Gasteiger partial charge is 0.469 e. The second kappa shape index (κ2) is 10.8. The molecule has 3 aromatic rings. The maximum atomic E-state index is 13.0. The Morgan fingerprint density at radius 3 is 2.53 bits per heavy atom. The summed E-state index contributed by atoms with van der Waals surface area (Å²) in [5.74, 6) is 0.255. The Morgan fingerprint density at radius 2 is 1.86 bits per heavy atom. The summed E-state index contributed by atoms with van der Waals surface area (Å²) in [5.41, 5.74) is 0.993. The molecule has 0 atom stereocenters. The van der Waals surface area contributed by atoms with Crippen molar-refractivity contribution in [2.24, 2.45) is 4.99 Å². The maximum Gasteiger partial charge on any atom is 0.307 e. The molecule has 10 nitrogen and oxygen atoms in total. The van der Waals surface area contributed by atoms with E-state index in [0.717, 1.165) is 23.1 Å². The van der Waals surface area contributed by atoms with Gasteiger partial charge in [-0.1, -0.05) is 24.7 Å². The van der Waals surface area contributed by atoms with Crippen molar-refractivity contribution in [2.75, 3.05) is 27.5 Å². The molecule has 2 aromatic carbocycles. The van der Waals surface area contributed by atoms with Gasteiger partial charge in [0.25, 0.3) is 5.91 Å². The first-order chi connectivity index (χ1) is 17.2. The summed E-state index contributed by atoms with van der Waals surface area (Å²) in [5, 5.41) is 0. The van der Waals surface area contributed by atoms with Crippen molar-refractivity contribution < 1.29 is 32.2 Å². The van der Waals surface area contributed by atoms with Crippen LogP contribution >= 0.6 is 11.3 Å². The molecule has 0 fully saturated rings. The van der Waals surface area contributed by atoms with Crippen LogP contribution in [0, 0.1) is 0 Å². The first-order valence-corrected chi connectivity index (χ1v) is 13.7. The topological polar surface area (TPSA) is 117 Å². The van der Waals surface area contributed by atoms with Crippen LogP contribution in [0.25, 0.3) is 10.2 Å². The Balaban J connectivity index is 1.66.